The van der Waals surface area contributed by atoms with Crippen molar-refractivity contribution in [1.82, 2.24) is 5.32 Å². The summed E-state index contributed by atoms with van der Waals surface area (Å²) in [5.74, 6) is -2.51. The number of hydrogen-bond acceptors (Lipinski definition) is 4. The normalized spacial score (nSPS) is 12.6. The molecule has 0 heterocycles. The summed E-state index contributed by atoms with van der Waals surface area (Å²) in [5, 5.41) is 11.2. The zero-order valence-electron chi connectivity index (χ0n) is 11.9. The maximum absolute atomic E-state index is 11.7. The van der Waals surface area contributed by atoms with Crippen molar-refractivity contribution in [3.8, 4) is 0 Å². The van der Waals surface area contributed by atoms with E-state index in [0.29, 0.717) is 12.8 Å². The van der Waals surface area contributed by atoms with Gasteiger partial charge in [0.1, 0.15) is 6.04 Å². The van der Waals surface area contributed by atoms with E-state index in [1.165, 1.54) is 0 Å². The molecule has 1 aromatic carbocycles. The second-order valence-corrected chi connectivity index (χ2v) is 6.44. The fraction of sp³-hybridized carbons (Fsp3) is 0.429. The smallest absolute Gasteiger partial charge is 0.326 e. The summed E-state index contributed by atoms with van der Waals surface area (Å²) >= 11 is 0. The van der Waals surface area contributed by atoms with Gasteiger partial charge in [0.05, 0.1) is 5.75 Å². The van der Waals surface area contributed by atoms with Gasteiger partial charge in [-0.1, -0.05) is 30.3 Å². The second-order valence-electron chi connectivity index (χ2n) is 4.87. The molecule has 0 aliphatic heterocycles. The van der Waals surface area contributed by atoms with Gasteiger partial charge in [-0.2, -0.15) is 8.42 Å². The molecule has 0 aromatic heterocycles. The number of rotatable bonds is 9. The van der Waals surface area contributed by atoms with Gasteiger partial charge < -0.3 is 10.4 Å². The summed E-state index contributed by atoms with van der Waals surface area (Å²) in [6, 6.07) is 8.22. The van der Waals surface area contributed by atoms with Crippen LogP contribution in [-0.2, 0) is 26.1 Å². The summed E-state index contributed by atoms with van der Waals surface area (Å²) in [6.45, 7) is 0. The van der Waals surface area contributed by atoms with Crippen molar-refractivity contribution in [3.05, 3.63) is 35.9 Å². The van der Waals surface area contributed by atoms with Gasteiger partial charge in [-0.05, 0) is 24.8 Å². The Morgan fingerprint density at radius 1 is 1.18 bits per heavy atom. The molecule has 3 N–H and O–H groups in total. The van der Waals surface area contributed by atoms with Gasteiger partial charge in [-0.3, -0.25) is 9.35 Å². The number of amides is 1. The third-order valence-electron chi connectivity index (χ3n) is 3.01. The minimum absolute atomic E-state index is 0.143. The molecule has 0 bridgehead atoms. The number of hydrogen-bond donors (Lipinski definition) is 3. The van der Waals surface area contributed by atoms with E-state index in [1.807, 2.05) is 30.3 Å². The highest BCUT2D eigenvalue weighted by Gasteiger charge is 2.21. The Morgan fingerprint density at radius 2 is 1.82 bits per heavy atom. The molecule has 0 saturated heterocycles. The summed E-state index contributed by atoms with van der Waals surface area (Å²) in [6.07, 6.45) is 1.01. The highest BCUT2D eigenvalue weighted by Crippen LogP contribution is 2.05. The zero-order valence-corrected chi connectivity index (χ0v) is 12.8. The predicted octanol–water partition coefficient (Wildman–Crippen LogP) is 0.857. The van der Waals surface area contributed by atoms with Crippen LogP contribution in [0.1, 0.15) is 24.8 Å². The molecule has 0 aliphatic carbocycles. The summed E-state index contributed by atoms with van der Waals surface area (Å²) in [4.78, 5) is 22.6. The number of carbonyl (C=O) groups excluding carboxylic acids is 1. The van der Waals surface area contributed by atoms with Crippen LogP contribution in [0.2, 0.25) is 0 Å². The molecular weight excluding hydrogens is 310 g/mol. The topological polar surface area (TPSA) is 121 Å². The maximum atomic E-state index is 11.7. The first-order valence-electron chi connectivity index (χ1n) is 6.79. The number of nitrogens with one attached hydrogen (secondary N) is 1. The number of aryl methyl sites for hydroxylation is 1. The molecule has 0 saturated carbocycles. The van der Waals surface area contributed by atoms with E-state index in [9.17, 15) is 18.0 Å². The van der Waals surface area contributed by atoms with E-state index in [-0.39, 0.29) is 12.8 Å². The van der Waals surface area contributed by atoms with Crippen molar-refractivity contribution in [2.75, 3.05) is 5.75 Å². The highest BCUT2D eigenvalue weighted by molar-refractivity contribution is 7.85. The van der Waals surface area contributed by atoms with E-state index in [0.717, 1.165) is 5.56 Å². The summed E-state index contributed by atoms with van der Waals surface area (Å²) in [5.41, 5.74) is 1.08. The lowest BCUT2D eigenvalue weighted by molar-refractivity contribution is -0.141. The maximum Gasteiger partial charge on any atom is 0.326 e. The lowest BCUT2D eigenvalue weighted by atomic mass is 10.1. The highest BCUT2D eigenvalue weighted by atomic mass is 32.2. The molecule has 1 rings (SSSR count). The molecule has 122 valence electrons. The molecule has 22 heavy (non-hydrogen) atoms. The van der Waals surface area contributed by atoms with E-state index in [4.69, 9.17) is 9.66 Å². The van der Waals surface area contributed by atoms with Crippen molar-refractivity contribution in [3.63, 3.8) is 0 Å². The molecule has 0 unspecified atom stereocenters. The van der Waals surface area contributed by atoms with Crippen LogP contribution < -0.4 is 5.32 Å². The lowest BCUT2D eigenvalue weighted by Crippen LogP contribution is -2.41. The van der Waals surface area contributed by atoms with E-state index in [2.05, 4.69) is 5.32 Å². The van der Waals surface area contributed by atoms with Crippen LogP contribution in [0.3, 0.4) is 0 Å². The lowest BCUT2D eigenvalue weighted by Gasteiger charge is -2.13. The Balaban J connectivity index is 2.38. The van der Waals surface area contributed by atoms with E-state index < -0.39 is 33.8 Å². The minimum Gasteiger partial charge on any atom is -0.480 e. The van der Waals surface area contributed by atoms with Crippen LogP contribution in [0, 0.1) is 0 Å². The summed E-state index contributed by atoms with van der Waals surface area (Å²) in [7, 11) is -4.26. The fourth-order valence-corrected chi connectivity index (χ4v) is 2.42. The monoisotopic (exact) mass is 329 g/mol. The standard InChI is InChI=1S/C14H19NO6S/c16-13(8-4-7-11-5-2-1-3-6-11)15-12(14(17)18)9-10-22(19,20)21/h1-3,5-6,12H,4,7-10H2,(H,15,16)(H,17,18)(H,19,20,21)/t12-/m0/s1. The van der Waals surface area contributed by atoms with Crippen molar-refractivity contribution in [2.24, 2.45) is 0 Å². The predicted molar refractivity (Wildman–Crippen MR) is 80.0 cm³/mol. The molecule has 0 radical (unpaired) electrons. The fourth-order valence-electron chi connectivity index (χ4n) is 1.89. The summed E-state index contributed by atoms with van der Waals surface area (Å²) < 4.78 is 29.9. The van der Waals surface area contributed by atoms with Gasteiger partial charge in [0, 0.05) is 6.42 Å². The molecule has 7 nitrogen and oxygen atoms in total. The number of carboxylic acid groups (broad SMARTS) is 1. The molecule has 1 amide bonds. The average molecular weight is 329 g/mol. The second kappa shape index (κ2) is 8.50. The molecule has 8 heteroatoms. The van der Waals surface area contributed by atoms with Gasteiger partial charge in [0.15, 0.2) is 0 Å². The van der Waals surface area contributed by atoms with Crippen LogP contribution in [0.4, 0.5) is 0 Å². The first-order chi connectivity index (χ1) is 10.3. The van der Waals surface area contributed by atoms with Crippen molar-refractivity contribution >= 4 is 22.0 Å². The Kier molecular flexibility index (Phi) is 7.00. The first-order valence-corrected chi connectivity index (χ1v) is 8.40. The molecule has 0 spiro atoms. The SMILES string of the molecule is O=C(CCCc1ccccc1)N[C@@H](CCS(=O)(=O)O)C(=O)O. The molecule has 0 fully saturated rings. The Bertz CT molecular complexity index is 599. The minimum atomic E-state index is -4.26. The molecular formula is C14H19NO6S. The van der Waals surface area contributed by atoms with Crippen LogP contribution in [0.15, 0.2) is 30.3 Å². The quantitative estimate of drug-likeness (QED) is 0.578. The van der Waals surface area contributed by atoms with Crippen molar-refractivity contribution < 1.29 is 27.7 Å². The number of carboxylic acids is 1. The van der Waals surface area contributed by atoms with Crippen molar-refractivity contribution in [1.29, 1.82) is 0 Å². The number of benzene rings is 1. The molecule has 0 aliphatic rings. The Hall–Kier alpha value is -1.93. The first kappa shape index (κ1) is 18.1. The average Bonchev–Trinajstić information content (AvgIpc) is 2.43. The van der Waals surface area contributed by atoms with Gasteiger partial charge in [0.25, 0.3) is 10.1 Å². The Morgan fingerprint density at radius 3 is 2.36 bits per heavy atom. The van der Waals surface area contributed by atoms with E-state index >= 15 is 0 Å². The third-order valence-corrected chi connectivity index (χ3v) is 3.76. The zero-order chi connectivity index (χ0) is 16.6. The largest absolute Gasteiger partial charge is 0.480 e. The van der Waals surface area contributed by atoms with Gasteiger partial charge in [-0.15, -0.1) is 0 Å². The van der Waals surface area contributed by atoms with Crippen LogP contribution in [0.5, 0.6) is 0 Å². The van der Waals surface area contributed by atoms with Crippen LogP contribution >= 0.6 is 0 Å². The molecule has 1 atom stereocenters. The van der Waals surface area contributed by atoms with Gasteiger partial charge in [0.2, 0.25) is 5.91 Å². The number of aliphatic carboxylic acids is 1. The van der Waals surface area contributed by atoms with Crippen molar-refractivity contribution in [2.45, 2.75) is 31.7 Å². The molecule has 1 aromatic rings. The van der Waals surface area contributed by atoms with Gasteiger partial charge >= 0.3 is 5.97 Å². The van der Waals surface area contributed by atoms with Crippen LogP contribution in [0.25, 0.3) is 0 Å². The Labute approximate surface area is 129 Å². The van der Waals surface area contributed by atoms with Gasteiger partial charge in [-0.25, -0.2) is 4.79 Å². The van der Waals surface area contributed by atoms with E-state index in [1.54, 1.807) is 0 Å². The van der Waals surface area contributed by atoms with Crippen LogP contribution in [-0.4, -0.2) is 41.7 Å². The number of carbonyl (C=O) groups is 2. The third kappa shape index (κ3) is 7.75.